The Balaban J connectivity index is 1.02. The molecule has 0 aliphatic carbocycles. The predicted molar refractivity (Wildman–Crippen MR) is 209 cm³/mol. The van der Waals surface area contributed by atoms with Crippen LogP contribution in [0.15, 0.2) is 30.5 Å². The number of alkyl halides is 1. The smallest absolute Gasteiger partial charge is 0.413 e. The van der Waals surface area contributed by atoms with Gasteiger partial charge in [-0.15, -0.1) is 6.42 Å². The van der Waals surface area contributed by atoms with Gasteiger partial charge in [0.05, 0.1) is 28.6 Å². The number of terminal acetylenes is 1. The number of aromatic nitrogens is 3. The molecule has 5 fully saturated rings. The van der Waals surface area contributed by atoms with Crippen LogP contribution in [0.1, 0.15) is 63.9 Å². The van der Waals surface area contributed by atoms with E-state index in [4.69, 9.17) is 30.4 Å². The molecule has 2 aromatic heterocycles. The van der Waals surface area contributed by atoms with Crippen molar-refractivity contribution in [1.82, 2.24) is 24.8 Å². The minimum atomic E-state index is -1.08. The van der Waals surface area contributed by atoms with Crippen LogP contribution in [-0.2, 0) is 19.0 Å². The van der Waals surface area contributed by atoms with Crippen molar-refractivity contribution in [2.45, 2.75) is 88.4 Å². The van der Waals surface area contributed by atoms with E-state index in [0.29, 0.717) is 63.3 Å². The normalized spacial score (nSPS) is 25.0. The maximum atomic E-state index is 17.1. The first kappa shape index (κ1) is 39.1. The lowest BCUT2D eigenvalue weighted by atomic mass is 9.95. The lowest BCUT2D eigenvalue weighted by Crippen LogP contribution is -2.56. The van der Waals surface area contributed by atoms with Gasteiger partial charge in [-0.2, -0.15) is 9.97 Å². The fourth-order valence-electron chi connectivity index (χ4n) is 9.94. The minimum Gasteiger partial charge on any atom is -0.508 e. The molecule has 4 aromatic rings. The van der Waals surface area contributed by atoms with Crippen molar-refractivity contribution in [2.75, 3.05) is 50.9 Å². The highest BCUT2D eigenvalue weighted by atomic mass is 19.1. The number of phenolic OH excluding ortho intramolecular Hbond substituents is 1. The highest BCUT2D eigenvalue weighted by molar-refractivity contribution is 6.03. The number of nitrogens with zero attached hydrogens (tertiary/aromatic N) is 6. The molecule has 16 heteroatoms. The molecule has 1 N–H and O–H groups in total. The number of aromatic hydroxyl groups is 1. The second kappa shape index (κ2) is 15.6. The Morgan fingerprint density at radius 1 is 1.08 bits per heavy atom. The second-order valence-corrected chi connectivity index (χ2v) is 16.4. The Labute approximate surface area is 338 Å². The Morgan fingerprint density at radius 2 is 1.86 bits per heavy atom. The number of hydrogen-bond donors (Lipinski definition) is 1. The Morgan fingerprint density at radius 3 is 2.63 bits per heavy atom. The molecule has 5 atom stereocenters. The van der Waals surface area contributed by atoms with Crippen molar-refractivity contribution in [1.29, 1.82) is 0 Å². The number of fused-ring (bicyclic) bond motifs is 5. The molecule has 13 nitrogen and oxygen atoms in total. The first-order valence-electron chi connectivity index (χ1n) is 20.3. The third-order valence-electron chi connectivity index (χ3n) is 12.7. The van der Waals surface area contributed by atoms with E-state index in [2.05, 4.69) is 20.8 Å². The number of phenols is 1. The number of benzene rings is 2. The van der Waals surface area contributed by atoms with Gasteiger partial charge < -0.3 is 29.0 Å². The predicted octanol–water partition coefficient (Wildman–Crippen LogP) is 6.26. The fourth-order valence-corrected chi connectivity index (χ4v) is 9.94. The number of pyridine rings is 1. The molecule has 0 radical (unpaired) electrons. The number of hydrogen-bond acceptors (Lipinski definition) is 12. The summed E-state index contributed by atoms with van der Waals surface area (Å²) in [4.78, 5) is 45.8. The Hall–Kier alpha value is -5.40. The first-order valence-corrected chi connectivity index (χ1v) is 20.3. The van der Waals surface area contributed by atoms with Crippen LogP contribution in [0.5, 0.6) is 11.8 Å². The number of halogens is 3. The maximum absolute atomic E-state index is 17.1. The highest BCUT2D eigenvalue weighted by Crippen LogP contribution is 2.43. The standard InChI is InChI=1S/C43H45F3N6O7/c1-3-31-34(45)8-5-26-16-30(53)17-32(36(26)31)38-37(46)39-33(19-47-38)40(49-41(48-39)57-23-43-11-4-12-51(43)20-27(44)18-43)50-21-28-6-7-29(22-50)52(28)42(55)59-24(2)58-35(54)15-25-9-13-56-14-10-25/h1,5,8,16-17,19,24-25,27-29,53H,4,6-7,9-15,18,20-23H2,2H3/t24?,27-,28?,29?,43+/m1/s1. The van der Waals surface area contributed by atoms with Crippen molar-refractivity contribution < 1.29 is 46.8 Å². The number of anilines is 1. The number of piperazine rings is 1. The number of carbonyl (C=O) groups excluding carboxylic acids is 2. The lowest BCUT2D eigenvalue weighted by Gasteiger charge is -2.41. The lowest BCUT2D eigenvalue weighted by molar-refractivity contribution is -0.168. The van der Waals surface area contributed by atoms with Crippen molar-refractivity contribution in [2.24, 2.45) is 5.92 Å². The highest BCUT2D eigenvalue weighted by Gasteiger charge is 2.50. The van der Waals surface area contributed by atoms with E-state index in [0.717, 1.165) is 32.2 Å². The van der Waals surface area contributed by atoms with Gasteiger partial charge >= 0.3 is 18.1 Å². The van der Waals surface area contributed by atoms with Crippen LogP contribution in [-0.4, -0.2) is 118 Å². The summed E-state index contributed by atoms with van der Waals surface area (Å²) < 4.78 is 69.6. The SMILES string of the molecule is C#Cc1c(F)ccc2cc(O)cc(-c3ncc4c(N5CC6CCC(C5)N6C(=O)OC(C)OC(=O)CC5CCOCC5)nc(OC[C@@]56CCCN5C[C@H](F)C6)nc4c3F)c12. The van der Waals surface area contributed by atoms with Gasteiger partial charge in [0.1, 0.15) is 41.4 Å². The molecule has 3 unspecified atom stereocenters. The zero-order chi connectivity index (χ0) is 41.0. The van der Waals surface area contributed by atoms with Gasteiger partial charge in [-0.05, 0) is 74.6 Å². The summed E-state index contributed by atoms with van der Waals surface area (Å²) in [6.07, 6.45) is 9.55. The molecule has 2 bridgehead atoms. The molecule has 5 aliphatic rings. The van der Waals surface area contributed by atoms with E-state index < -0.39 is 41.7 Å². The Kier molecular flexibility index (Phi) is 10.4. The zero-order valence-electron chi connectivity index (χ0n) is 32.7. The van der Waals surface area contributed by atoms with Crippen molar-refractivity contribution in [3.63, 3.8) is 0 Å². The third kappa shape index (κ3) is 7.32. The van der Waals surface area contributed by atoms with Crippen LogP contribution < -0.4 is 9.64 Å². The molecule has 2 aromatic carbocycles. The molecule has 5 saturated heterocycles. The van der Waals surface area contributed by atoms with Gasteiger partial charge in [-0.3, -0.25) is 19.6 Å². The van der Waals surface area contributed by atoms with Crippen LogP contribution in [0.2, 0.25) is 0 Å². The van der Waals surface area contributed by atoms with Gasteiger partial charge in [0.15, 0.2) is 5.82 Å². The van der Waals surface area contributed by atoms with E-state index in [1.54, 1.807) is 4.90 Å². The third-order valence-corrected chi connectivity index (χ3v) is 12.7. The van der Waals surface area contributed by atoms with Gasteiger partial charge in [-0.1, -0.05) is 12.0 Å². The zero-order valence-corrected chi connectivity index (χ0v) is 32.7. The van der Waals surface area contributed by atoms with E-state index in [1.165, 1.54) is 37.4 Å². The van der Waals surface area contributed by atoms with Gasteiger partial charge in [0.25, 0.3) is 0 Å². The largest absolute Gasteiger partial charge is 0.508 e. The first-order chi connectivity index (χ1) is 28.5. The summed E-state index contributed by atoms with van der Waals surface area (Å²) >= 11 is 0. The summed E-state index contributed by atoms with van der Waals surface area (Å²) in [6.45, 7) is 4.53. The van der Waals surface area contributed by atoms with Crippen LogP contribution in [0.25, 0.3) is 32.9 Å². The average Bonchev–Trinajstić information content (AvgIpc) is 3.83. The maximum Gasteiger partial charge on any atom is 0.413 e. The number of ether oxygens (including phenoxy) is 4. The van der Waals surface area contributed by atoms with Gasteiger partial charge in [-0.25, -0.2) is 18.0 Å². The molecule has 1 amide bonds. The summed E-state index contributed by atoms with van der Waals surface area (Å²) in [5.41, 5.74) is -0.918. The van der Waals surface area contributed by atoms with Crippen LogP contribution in [0.4, 0.5) is 23.8 Å². The summed E-state index contributed by atoms with van der Waals surface area (Å²) in [7, 11) is 0. The molecule has 59 heavy (non-hydrogen) atoms. The van der Waals surface area contributed by atoms with Crippen LogP contribution in [0, 0.1) is 29.9 Å². The van der Waals surface area contributed by atoms with E-state index in [-0.39, 0.29) is 75.9 Å². The summed E-state index contributed by atoms with van der Waals surface area (Å²) in [6, 6.07) is 4.60. The minimum absolute atomic E-state index is 0.0728. The summed E-state index contributed by atoms with van der Waals surface area (Å²) in [5.74, 6) is 0.669. The summed E-state index contributed by atoms with van der Waals surface area (Å²) in [5, 5.41) is 11.5. The van der Waals surface area contributed by atoms with Crippen molar-refractivity contribution >= 4 is 39.6 Å². The Bertz CT molecular complexity index is 2340. The number of carbonyl (C=O) groups is 2. The topological polar surface area (TPSA) is 140 Å². The molecule has 9 rings (SSSR count). The van der Waals surface area contributed by atoms with E-state index >= 15 is 8.78 Å². The molecular formula is C43H45F3N6O7. The molecule has 5 aliphatic heterocycles. The molecular weight excluding hydrogens is 770 g/mol. The molecule has 310 valence electrons. The number of rotatable bonds is 9. The molecule has 0 saturated carbocycles. The second-order valence-electron chi connectivity index (χ2n) is 16.4. The monoisotopic (exact) mass is 814 g/mol. The van der Waals surface area contributed by atoms with E-state index in [9.17, 15) is 19.1 Å². The number of esters is 1. The van der Waals surface area contributed by atoms with Gasteiger partial charge in [0, 0.05) is 69.8 Å². The average molecular weight is 815 g/mol. The van der Waals surface area contributed by atoms with Crippen molar-refractivity contribution in [3.8, 4) is 35.4 Å². The van der Waals surface area contributed by atoms with E-state index in [1.807, 2.05) is 4.90 Å². The van der Waals surface area contributed by atoms with Crippen LogP contribution >= 0.6 is 0 Å². The van der Waals surface area contributed by atoms with Crippen molar-refractivity contribution in [3.05, 3.63) is 47.7 Å². The quantitative estimate of drug-likeness (QED) is 0.116. The fraction of sp³-hybridized carbons (Fsp3) is 0.512. The van der Waals surface area contributed by atoms with Crippen LogP contribution in [0.3, 0.4) is 0 Å². The molecule has 0 spiro atoms. The van der Waals surface area contributed by atoms with Gasteiger partial charge in [0.2, 0.25) is 6.29 Å². The number of amides is 1. The molecule has 7 heterocycles.